The summed E-state index contributed by atoms with van der Waals surface area (Å²) in [5, 5.41) is 9.26. The predicted molar refractivity (Wildman–Crippen MR) is 67.2 cm³/mol. The number of phenolic OH excluding ortho intramolecular Hbond substituents is 1. The molecule has 1 aromatic rings. The first-order chi connectivity index (χ1) is 7.32. The summed E-state index contributed by atoms with van der Waals surface area (Å²) >= 11 is 0. The van der Waals surface area contributed by atoms with Gasteiger partial charge in [0.2, 0.25) is 0 Å². The molecule has 0 amide bonds. The molecule has 1 heterocycles. The first-order valence-corrected chi connectivity index (χ1v) is 5.79. The largest absolute Gasteiger partial charge is 0.508 e. The van der Waals surface area contributed by atoms with Gasteiger partial charge in [-0.1, -0.05) is 26.0 Å². The minimum atomic E-state index is -0.102. The van der Waals surface area contributed by atoms with Crippen molar-refractivity contribution in [2.24, 2.45) is 5.41 Å². The molecule has 1 aromatic carbocycles. The zero-order chi connectivity index (χ0) is 12.0. The van der Waals surface area contributed by atoms with E-state index in [0.717, 1.165) is 11.8 Å². The highest BCUT2D eigenvalue weighted by molar-refractivity contribution is 6.68. The van der Waals surface area contributed by atoms with Crippen LogP contribution in [0.25, 0.3) is 0 Å². The van der Waals surface area contributed by atoms with Gasteiger partial charge < -0.3 is 9.76 Å². The van der Waals surface area contributed by atoms with Crippen LogP contribution in [0.15, 0.2) is 24.3 Å². The maximum Gasteiger partial charge on any atom is 0.327 e. The van der Waals surface area contributed by atoms with E-state index in [0.29, 0.717) is 5.75 Å². The molecule has 2 rings (SSSR count). The van der Waals surface area contributed by atoms with Gasteiger partial charge in [0, 0.05) is 0 Å². The third-order valence-electron chi connectivity index (χ3n) is 4.03. The van der Waals surface area contributed by atoms with Crippen LogP contribution in [-0.4, -0.2) is 17.6 Å². The Hall–Kier alpha value is -0.955. The van der Waals surface area contributed by atoms with Crippen molar-refractivity contribution < 1.29 is 9.76 Å². The smallest absolute Gasteiger partial charge is 0.327 e. The zero-order valence-corrected chi connectivity index (χ0v) is 10.4. The average Bonchev–Trinajstić information content (AvgIpc) is 2.37. The topological polar surface area (TPSA) is 29.5 Å². The van der Waals surface area contributed by atoms with Crippen LogP contribution in [0, 0.1) is 5.41 Å². The Bertz CT molecular complexity index is 365. The summed E-state index contributed by atoms with van der Waals surface area (Å²) < 4.78 is 6.11. The minimum Gasteiger partial charge on any atom is -0.508 e. The highest BCUT2D eigenvalue weighted by Gasteiger charge is 2.49. The van der Waals surface area contributed by atoms with E-state index in [4.69, 9.17) is 4.65 Å². The van der Waals surface area contributed by atoms with Gasteiger partial charge in [0.15, 0.2) is 0 Å². The fourth-order valence-electron chi connectivity index (χ4n) is 2.14. The molecule has 2 nitrogen and oxygen atoms in total. The second-order valence-electron chi connectivity index (χ2n) is 5.80. The van der Waals surface area contributed by atoms with Crippen molar-refractivity contribution in [1.82, 2.24) is 0 Å². The van der Waals surface area contributed by atoms with Gasteiger partial charge in [-0.2, -0.15) is 0 Å². The molecule has 1 aliphatic rings. The van der Waals surface area contributed by atoms with E-state index in [1.165, 1.54) is 0 Å². The summed E-state index contributed by atoms with van der Waals surface area (Å²) in [5.41, 5.74) is 1.22. The van der Waals surface area contributed by atoms with Crippen LogP contribution >= 0.6 is 0 Å². The van der Waals surface area contributed by atoms with E-state index in [1.54, 1.807) is 12.1 Å². The lowest BCUT2D eigenvalue weighted by molar-refractivity contribution is 0.0375. The summed E-state index contributed by atoms with van der Waals surface area (Å²) in [6, 6.07) is 7.32. The van der Waals surface area contributed by atoms with E-state index in [1.807, 2.05) is 12.1 Å². The van der Waals surface area contributed by atoms with E-state index >= 15 is 0 Å². The van der Waals surface area contributed by atoms with Gasteiger partial charge in [-0.25, -0.2) is 0 Å². The van der Waals surface area contributed by atoms with Crippen LogP contribution in [0.4, 0.5) is 0 Å². The van der Waals surface area contributed by atoms with Gasteiger partial charge in [-0.05, 0) is 43.2 Å². The Morgan fingerprint density at radius 3 is 2.12 bits per heavy atom. The standard InChI is InChI=1S/C13H19BO2/c1-12(2)9-14(16-13(12,3)4)10-5-7-11(15)8-6-10/h5-8,15H,9H2,1-4H3. The molecule has 3 heteroatoms. The number of hydrogen-bond acceptors (Lipinski definition) is 2. The lowest BCUT2D eigenvalue weighted by Crippen LogP contribution is -2.36. The summed E-state index contributed by atoms with van der Waals surface area (Å²) in [7, 11) is 0. The molecule has 86 valence electrons. The van der Waals surface area contributed by atoms with Crippen LogP contribution in [-0.2, 0) is 4.65 Å². The molecular weight excluding hydrogens is 199 g/mol. The summed E-state index contributed by atoms with van der Waals surface area (Å²) in [5.74, 6) is 0.306. The molecule has 0 saturated carbocycles. The third-order valence-corrected chi connectivity index (χ3v) is 4.03. The van der Waals surface area contributed by atoms with Gasteiger partial charge in [0.25, 0.3) is 0 Å². The number of rotatable bonds is 1. The normalized spacial score (nSPS) is 22.4. The van der Waals surface area contributed by atoms with Gasteiger partial charge in [0.05, 0.1) is 5.60 Å². The Balaban J connectivity index is 2.23. The van der Waals surface area contributed by atoms with E-state index in [9.17, 15) is 5.11 Å². The molecule has 1 N–H and O–H groups in total. The van der Waals surface area contributed by atoms with Gasteiger partial charge in [-0.15, -0.1) is 0 Å². The number of phenols is 1. The molecule has 1 saturated heterocycles. The van der Waals surface area contributed by atoms with Gasteiger partial charge in [-0.3, -0.25) is 0 Å². The van der Waals surface area contributed by atoms with E-state index in [2.05, 4.69) is 27.7 Å². The van der Waals surface area contributed by atoms with Crippen molar-refractivity contribution in [2.75, 3.05) is 0 Å². The summed E-state index contributed by atoms with van der Waals surface area (Å²) in [4.78, 5) is 0. The maximum atomic E-state index is 9.26. The molecule has 0 radical (unpaired) electrons. The van der Waals surface area contributed by atoms with Crippen molar-refractivity contribution in [3.63, 3.8) is 0 Å². The van der Waals surface area contributed by atoms with Crippen LogP contribution in [0.5, 0.6) is 5.75 Å². The quantitative estimate of drug-likeness (QED) is 0.733. The van der Waals surface area contributed by atoms with Crippen molar-refractivity contribution >= 4 is 12.4 Å². The first kappa shape index (κ1) is 11.5. The average molecular weight is 218 g/mol. The van der Waals surface area contributed by atoms with E-state index < -0.39 is 0 Å². The Morgan fingerprint density at radius 1 is 1.12 bits per heavy atom. The molecule has 0 aromatic heterocycles. The molecule has 1 aliphatic heterocycles. The second-order valence-corrected chi connectivity index (χ2v) is 5.80. The molecule has 0 bridgehead atoms. The zero-order valence-electron chi connectivity index (χ0n) is 10.4. The molecule has 0 aliphatic carbocycles. The second kappa shape index (κ2) is 3.52. The van der Waals surface area contributed by atoms with Crippen LogP contribution < -0.4 is 5.46 Å². The third kappa shape index (κ3) is 1.84. The van der Waals surface area contributed by atoms with Gasteiger partial charge >= 0.3 is 6.92 Å². The van der Waals surface area contributed by atoms with Crippen LogP contribution in [0.1, 0.15) is 27.7 Å². The highest BCUT2D eigenvalue weighted by atomic mass is 16.5. The molecule has 0 atom stereocenters. The predicted octanol–water partition coefficient (Wildman–Crippen LogP) is 2.43. The highest BCUT2D eigenvalue weighted by Crippen LogP contribution is 2.44. The maximum absolute atomic E-state index is 9.26. The SMILES string of the molecule is CC1(C)CB(c2ccc(O)cc2)OC1(C)C. The summed E-state index contributed by atoms with van der Waals surface area (Å²) in [6.07, 6.45) is 1.02. The summed E-state index contributed by atoms with van der Waals surface area (Å²) in [6.45, 7) is 8.92. The molecule has 16 heavy (non-hydrogen) atoms. The van der Waals surface area contributed by atoms with Crippen LogP contribution in [0.3, 0.4) is 0 Å². The number of aromatic hydroxyl groups is 1. The lowest BCUT2D eigenvalue weighted by atomic mass is 9.54. The molecular formula is C13H19BO2. The van der Waals surface area contributed by atoms with Crippen LogP contribution in [0.2, 0.25) is 6.32 Å². The van der Waals surface area contributed by atoms with Gasteiger partial charge in [0.1, 0.15) is 5.75 Å². The van der Waals surface area contributed by atoms with E-state index in [-0.39, 0.29) is 17.9 Å². The lowest BCUT2D eigenvalue weighted by Gasteiger charge is -2.34. The molecule has 1 fully saturated rings. The van der Waals surface area contributed by atoms with Crippen molar-refractivity contribution in [1.29, 1.82) is 0 Å². The van der Waals surface area contributed by atoms with Crippen molar-refractivity contribution in [3.8, 4) is 5.75 Å². The number of benzene rings is 1. The molecule has 0 spiro atoms. The fraction of sp³-hybridized carbons (Fsp3) is 0.538. The molecule has 0 unspecified atom stereocenters. The Morgan fingerprint density at radius 2 is 1.69 bits per heavy atom. The Labute approximate surface area is 97.7 Å². The minimum absolute atomic E-state index is 0.102. The monoisotopic (exact) mass is 218 g/mol. The first-order valence-electron chi connectivity index (χ1n) is 5.79. The Kier molecular flexibility index (Phi) is 2.54. The van der Waals surface area contributed by atoms with Crippen molar-refractivity contribution in [3.05, 3.63) is 24.3 Å². The fourth-order valence-corrected chi connectivity index (χ4v) is 2.14. The van der Waals surface area contributed by atoms with Crippen molar-refractivity contribution in [2.45, 2.75) is 39.6 Å². The number of hydrogen-bond donors (Lipinski definition) is 1.